The van der Waals surface area contributed by atoms with Gasteiger partial charge in [-0.05, 0) is 37.7 Å². The second-order valence-electron chi connectivity index (χ2n) is 5.24. The molecule has 3 nitrogen and oxygen atoms in total. The maximum Gasteiger partial charge on any atom is 0.203 e. The summed E-state index contributed by atoms with van der Waals surface area (Å²) >= 11 is 2.08. The van der Waals surface area contributed by atoms with Crippen LogP contribution in [0, 0.1) is 0 Å². The molecule has 0 bridgehead atoms. The predicted molar refractivity (Wildman–Crippen MR) is 79.3 cm³/mol. The van der Waals surface area contributed by atoms with E-state index < -0.39 is 0 Å². The van der Waals surface area contributed by atoms with Gasteiger partial charge < -0.3 is 9.88 Å². The summed E-state index contributed by atoms with van der Waals surface area (Å²) in [7, 11) is 2.07. The molecule has 1 aliphatic rings. The third-order valence-electron chi connectivity index (χ3n) is 3.71. The number of nitrogens with one attached hydrogen (secondary N) is 1. The van der Waals surface area contributed by atoms with Gasteiger partial charge in [0, 0.05) is 18.3 Å². The van der Waals surface area contributed by atoms with Crippen molar-refractivity contribution in [3.8, 4) is 0 Å². The molecule has 1 unspecified atom stereocenters. The van der Waals surface area contributed by atoms with Gasteiger partial charge in [-0.3, -0.25) is 0 Å². The number of benzene rings is 1. The second kappa shape index (κ2) is 4.50. The molecule has 0 aliphatic carbocycles. The van der Waals surface area contributed by atoms with Crippen molar-refractivity contribution in [3.63, 3.8) is 0 Å². The fraction of sp³-hybridized carbons (Fsp3) is 0.500. The lowest BCUT2D eigenvalue weighted by Gasteiger charge is -2.23. The lowest BCUT2D eigenvalue weighted by atomic mass is 10.1. The lowest BCUT2D eigenvalue weighted by molar-refractivity contribution is 0.631. The smallest absolute Gasteiger partial charge is 0.203 e. The molecule has 1 saturated heterocycles. The number of hydrogen-bond donors (Lipinski definition) is 1. The molecule has 96 valence electrons. The van der Waals surface area contributed by atoms with Crippen LogP contribution in [0.4, 0.5) is 5.95 Å². The Bertz CT molecular complexity index is 555. The van der Waals surface area contributed by atoms with Crippen LogP contribution in [0.5, 0.6) is 0 Å². The summed E-state index contributed by atoms with van der Waals surface area (Å²) in [5.74, 6) is 2.27. The summed E-state index contributed by atoms with van der Waals surface area (Å²) in [5, 5.41) is 3.52. The molecular formula is C14H19N3S. The average molecular weight is 261 g/mol. The number of nitrogens with zero attached hydrogens (tertiary/aromatic N) is 2. The van der Waals surface area contributed by atoms with E-state index in [1.165, 1.54) is 24.1 Å². The van der Waals surface area contributed by atoms with Gasteiger partial charge in [0.1, 0.15) is 0 Å². The highest BCUT2D eigenvalue weighted by atomic mass is 32.2. The minimum atomic E-state index is 0.373. The molecule has 0 radical (unpaired) electrons. The molecule has 1 aromatic heterocycles. The largest absolute Gasteiger partial charge is 0.354 e. The molecule has 0 saturated carbocycles. The first-order chi connectivity index (χ1) is 8.68. The molecule has 0 amide bonds. The molecule has 1 atom stereocenters. The van der Waals surface area contributed by atoms with E-state index >= 15 is 0 Å². The first kappa shape index (κ1) is 11.9. The van der Waals surface area contributed by atoms with Crippen molar-refractivity contribution in [1.29, 1.82) is 0 Å². The molecule has 1 fully saturated rings. The van der Waals surface area contributed by atoms with Gasteiger partial charge in [-0.25, -0.2) is 4.98 Å². The van der Waals surface area contributed by atoms with E-state index in [4.69, 9.17) is 0 Å². The standard InChI is InChI=1S/C14H19N3S/c1-14(8-5-9-18-14)10-15-13-16-11-6-3-4-7-12(11)17(13)2/h3-4,6-7H,5,8-10H2,1-2H3,(H,15,16). The molecule has 1 aromatic carbocycles. The second-order valence-corrected chi connectivity index (χ2v) is 6.92. The average Bonchev–Trinajstić information content (AvgIpc) is 2.93. The van der Waals surface area contributed by atoms with Gasteiger partial charge in [-0.1, -0.05) is 12.1 Å². The van der Waals surface area contributed by atoms with E-state index in [1.54, 1.807) is 0 Å². The number of para-hydroxylation sites is 2. The van der Waals surface area contributed by atoms with Crippen LogP contribution < -0.4 is 5.32 Å². The van der Waals surface area contributed by atoms with Crippen molar-refractivity contribution in [2.75, 3.05) is 17.6 Å². The van der Waals surface area contributed by atoms with Gasteiger partial charge in [-0.2, -0.15) is 11.8 Å². The summed E-state index contributed by atoms with van der Waals surface area (Å²) in [6, 6.07) is 8.27. The van der Waals surface area contributed by atoms with E-state index in [0.717, 1.165) is 18.0 Å². The lowest BCUT2D eigenvalue weighted by Crippen LogP contribution is -2.28. The first-order valence-corrected chi connectivity index (χ1v) is 7.46. The van der Waals surface area contributed by atoms with Crippen molar-refractivity contribution in [3.05, 3.63) is 24.3 Å². The highest BCUT2D eigenvalue weighted by Gasteiger charge is 2.29. The normalized spacial score (nSPS) is 23.7. The Kier molecular flexibility index (Phi) is 2.98. The van der Waals surface area contributed by atoms with Gasteiger partial charge in [0.05, 0.1) is 11.0 Å². The molecule has 1 N–H and O–H groups in total. The van der Waals surface area contributed by atoms with Crippen LogP contribution in [0.1, 0.15) is 19.8 Å². The quantitative estimate of drug-likeness (QED) is 0.919. The number of rotatable bonds is 3. The third-order valence-corrected chi connectivity index (χ3v) is 5.25. The van der Waals surface area contributed by atoms with Crippen molar-refractivity contribution in [1.82, 2.24) is 9.55 Å². The molecule has 4 heteroatoms. The zero-order chi connectivity index (χ0) is 12.6. The molecule has 0 spiro atoms. The SMILES string of the molecule is Cn1c(NCC2(C)CCCS2)nc2ccccc21. The van der Waals surface area contributed by atoms with Crippen LogP contribution in [0.3, 0.4) is 0 Å². The van der Waals surface area contributed by atoms with Crippen molar-refractivity contribution in [2.45, 2.75) is 24.5 Å². The number of anilines is 1. The van der Waals surface area contributed by atoms with Gasteiger partial charge in [0.15, 0.2) is 0 Å². The number of aromatic nitrogens is 2. The van der Waals surface area contributed by atoms with E-state index in [0.29, 0.717) is 4.75 Å². The zero-order valence-electron chi connectivity index (χ0n) is 10.9. The summed E-state index contributed by atoms with van der Waals surface area (Å²) in [6.07, 6.45) is 2.64. The highest BCUT2D eigenvalue weighted by molar-refractivity contribution is 8.00. The molecule has 18 heavy (non-hydrogen) atoms. The Balaban J connectivity index is 1.80. The molecule has 2 heterocycles. The van der Waals surface area contributed by atoms with Gasteiger partial charge in [0.2, 0.25) is 5.95 Å². The fourth-order valence-electron chi connectivity index (χ4n) is 2.55. The molecule has 2 aromatic rings. The minimum Gasteiger partial charge on any atom is -0.354 e. The molecule has 1 aliphatic heterocycles. The zero-order valence-corrected chi connectivity index (χ0v) is 11.8. The van der Waals surface area contributed by atoms with Crippen LogP contribution in [-0.2, 0) is 7.05 Å². The van der Waals surface area contributed by atoms with Crippen LogP contribution in [-0.4, -0.2) is 26.6 Å². The van der Waals surface area contributed by atoms with Gasteiger partial charge >= 0.3 is 0 Å². The first-order valence-electron chi connectivity index (χ1n) is 6.47. The van der Waals surface area contributed by atoms with Crippen LogP contribution in [0.25, 0.3) is 11.0 Å². The fourth-order valence-corrected chi connectivity index (χ4v) is 3.79. The Labute approximate surface area is 112 Å². The van der Waals surface area contributed by atoms with Crippen LogP contribution in [0.2, 0.25) is 0 Å². The Morgan fingerprint density at radius 2 is 2.28 bits per heavy atom. The maximum absolute atomic E-state index is 4.65. The van der Waals surface area contributed by atoms with Gasteiger partial charge in [-0.15, -0.1) is 0 Å². The van der Waals surface area contributed by atoms with Crippen molar-refractivity contribution >= 4 is 28.7 Å². The van der Waals surface area contributed by atoms with Crippen LogP contribution in [0.15, 0.2) is 24.3 Å². The number of imidazole rings is 1. The molecule has 3 rings (SSSR count). The summed E-state index contributed by atoms with van der Waals surface area (Å²) in [6.45, 7) is 3.34. The van der Waals surface area contributed by atoms with Gasteiger partial charge in [0.25, 0.3) is 0 Å². The monoisotopic (exact) mass is 261 g/mol. The Morgan fingerprint density at radius 3 is 3.00 bits per heavy atom. The summed E-state index contributed by atoms with van der Waals surface area (Å²) in [4.78, 5) is 4.65. The van der Waals surface area contributed by atoms with Crippen molar-refractivity contribution < 1.29 is 0 Å². The van der Waals surface area contributed by atoms with E-state index in [2.05, 4.69) is 58.8 Å². The predicted octanol–water partition coefficient (Wildman–Crippen LogP) is 3.27. The number of aryl methyl sites for hydroxylation is 1. The van der Waals surface area contributed by atoms with E-state index in [-0.39, 0.29) is 0 Å². The Hall–Kier alpha value is -1.16. The number of fused-ring (bicyclic) bond motifs is 1. The van der Waals surface area contributed by atoms with Crippen LogP contribution >= 0.6 is 11.8 Å². The number of hydrogen-bond acceptors (Lipinski definition) is 3. The van der Waals surface area contributed by atoms with E-state index in [1.807, 2.05) is 6.07 Å². The summed E-state index contributed by atoms with van der Waals surface area (Å²) < 4.78 is 2.51. The topological polar surface area (TPSA) is 29.9 Å². The van der Waals surface area contributed by atoms with Crippen molar-refractivity contribution in [2.24, 2.45) is 7.05 Å². The Morgan fingerprint density at radius 1 is 1.44 bits per heavy atom. The molecular weight excluding hydrogens is 242 g/mol. The highest BCUT2D eigenvalue weighted by Crippen LogP contribution is 2.37. The number of thioether (sulfide) groups is 1. The maximum atomic E-state index is 4.65. The van der Waals surface area contributed by atoms with E-state index in [9.17, 15) is 0 Å². The summed E-state index contributed by atoms with van der Waals surface area (Å²) in [5.41, 5.74) is 2.25. The third kappa shape index (κ3) is 2.09. The minimum absolute atomic E-state index is 0.373.